The lowest BCUT2D eigenvalue weighted by Crippen LogP contribution is -2.39. The summed E-state index contributed by atoms with van der Waals surface area (Å²) in [5.74, 6) is 0.275. The fourth-order valence-corrected chi connectivity index (χ4v) is 2.18. The highest BCUT2D eigenvalue weighted by Gasteiger charge is 2.19. The SMILES string of the molecule is CC(C)C(CCO)NC(=O)c1ccc(-c2ccc(F)cc2)o1. The molecule has 0 saturated carbocycles. The lowest BCUT2D eigenvalue weighted by molar-refractivity contribution is 0.0889. The van der Waals surface area contributed by atoms with E-state index in [1.807, 2.05) is 13.8 Å². The Morgan fingerprint density at radius 3 is 2.50 bits per heavy atom. The lowest BCUT2D eigenvalue weighted by atomic mass is 10.0. The predicted molar refractivity (Wildman–Crippen MR) is 81.9 cm³/mol. The van der Waals surface area contributed by atoms with E-state index in [-0.39, 0.29) is 36.1 Å². The van der Waals surface area contributed by atoms with Crippen LogP contribution < -0.4 is 5.32 Å². The molecule has 0 bridgehead atoms. The number of carbonyl (C=O) groups excluding carboxylic acids is 1. The summed E-state index contributed by atoms with van der Waals surface area (Å²) >= 11 is 0. The summed E-state index contributed by atoms with van der Waals surface area (Å²) in [5.41, 5.74) is 0.705. The van der Waals surface area contributed by atoms with Gasteiger partial charge in [0.15, 0.2) is 5.76 Å². The van der Waals surface area contributed by atoms with E-state index in [0.717, 1.165) is 0 Å². The molecule has 4 nitrogen and oxygen atoms in total. The van der Waals surface area contributed by atoms with Crippen molar-refractivity contribution < 1.29 is 18.7 Å². The predicted octanol–water partition coefficient (Wildman–Crippen LogP) is 3.22. The molecule has 0 aliphatic heterocycles. The second-order valence-electron chi connectivity index (χ2n) is 5.51. The van der Waals surface area contributed by atoms with E-state index in [2.05, 4.69) is 5.32 Å². The second kappa shape index (κ2) is 7.22. The molecule has 2 rings (SSSR count). The third-order valence-corrected chi connectivity index (χ3v) is 3.52. The van der Waals surface area contributed by atoms with Crippen LogP contribution in [0.25, 0.3) is 11.3 Å². The van der Waals surface area contributed by atoms with Gasteiger partial charge in [0.2, 0.25) is 0 Å². The van der Waals surface area contributed by atoms with Crippen LogP contribution in [0.1, 0.15) is 30.8 Å². The van der Waals surface area contributed by atoms with Gasteiger partial charge in [0, 0.05) is 18.2 Å². The molecule has 0 spiro atoms. The Kier molecular flexibility index (Phi) is 5.33. The molecule has 1 unspecified atom stereocenters. The molecule has 1 atom stereocenters. The number of aliphatic hydroxyl groups excluding tert-OH is 1. The van der Waals surface area contributed by atoms with Gasteiger partial charge < -0.3 is 14.8 Å². The standard InChI is InChI=1S/C17H20FNO3/c1-11(2)14(9-10-20)19-17(21)16-8-7-15(22-16)12-3-5-13(18)6-4-12/h3-8,11,14,20H,9-10H2,1-2H3,(H,19,21). The summed E-state index contributed by atoms with van der Waals surface area (Å²) < 4.78 is 18.4. The molecule has 0 saturated heterocycles. The minimum atomic E-state index is -0.322. The van der Waals surface area contributed by atoms with Crippen LogP contribution >= 0.6 is 0 Å². The van der Waals surface area contributed by atoms with Crippen molar-refractivity contribution in [3.63, 3.8) is 0 Å². The first kappa shape index (κ1) is 16.2. The van der Waals surface area contributed by atoms with Crippen molar-refractivity contribution in [3.8, 4) is 11.3 Å². The molecule has 2 aromatic rings. The number of hydrogen-bond donors (Lipinski definition) is 2. The topological polar surface area (TPSA) is 62.5 Å². The Bertz CT molecular complexity index is 619. The van der Waals surface area contributed by atoms with Crippen LogP contribution in [0.3, 0.4) is 0 Å². The maximum atomic E-state index is 12.9. The molecule has 5 heteroatoms. The number of benzene rings is 1. The van der Waals surface area contributed by atoms with Crippen molar-refractivity contribution in [2.45, 2.75) is 26.3 Å². The molecular weight excluding hydrogens is 285 g/mol. The van der Waals surface area contributed by atoms with Crippen LogP contribution in [0.15, 0.2) is 40.8 Å². The van der Waals surface area contributed by atoms with Crippen LogP contribution in [0.4, 0.5) is 4.39 Å². The number of amides is 1. The fraction of sp³-hybridized carbons (Fsp3) is 0.353. The first-order valence-electron chi connectivity index (χ1n) is 7.28. The molecule has 1 aromatic carbocycles. The largest absolute Gasteiger partial charge is 0.451 e. The minimum Gasteiger partial charge on any atom is -0.451 e. The molecule has 0 aliphatic rings. The molecule has 1 aromatic heterocycles. The fourth-order valence-electron chi connectivity index (χ4n) is 2.18. The molecular formula is C17H20FNO3. The zero-order valence-corrected chi connectivity index (χ0v) is 12.7. The summed E-state index contributed by atoms with van der Waals surface area (Å²) in [6.45, 7) is 3.97. The Labute approximate surface area is 129 Å². The summed E-state index contributed by atoms with van der Waals surface area (Å²) in [6.07, 6.45) is 0.495. The molecule has 2 N–H and O–H groups in total. The normalized spacial score (nSPS) is 12.4. The average molecular weight is 305 g/mol. The molecule has 1 amide bonds. The summed E-state index contributed by atoms with van der Waals surface area (Å²) in [6, 6.07) is 9.03. The van der Waals surface area contributed by atoms with Crippen molar-refractivity contribution in [2.75, 3.05) is 6.61 Å². The van der Waals surface area contributed by atoms with Gasteiger partial charge in [-0.1, -0.05) is 13.8 Å². The monoisotopic (exact) mass is 305 g/mol. The van der Waals surface area contributed by atoms with Crippen molar-refractivity contribution >= 4 is 5.91 Å². The Morgan fingerprint density at radius 2 is 1.91 bits per heavy atom. The lowest BCUT2D eigenvalue weighted by Gasteiger charge is -2.20. The van der Waals surface area contributed by atoms with E-state index in [0.29, 0.717) is 17.7 Å². The average Bonchev–Trinajstić information content (AvgIpc) is 2.97. The second-order valence-corrected chi connectivity index (χ2v) is 5.51. The van der Waals surface area contributed by atoms with E-state index in [4.69, 9.17) is 9.52 Å². The van der Waals surface area contributed by atoms with E-state index in [1.165, 1.54) is 12.1 Å². The number of aliphatic hydroxyl groups is 1. The number of furan rings is 1. The van der Waals surface area contributed by atoms with Crippen molar-refractivity contribution in [2.24, 2.45) is 5.92 Å². The van der Waals surface area contributed by atoms with Gasteiger partial charge in [-0.15, -0.1) is 0 Å². The van der Waals surface area contributed by atoms with Gasteiger partial charge in [-0.25, -0.2) is 4.39 Å². The number of carbonyl (C=O) groups is 1. The van der Waals surface area contributed by atoms with E-state index in [9.17, 15) is 9.18 Å². The van der Waals surface area contributed by atoms with Gasteiger partial charge in [-0.05, 0) is 48.7 Å². The van der Waals surface area contributed by atoms with E-state index >= 15 is 0 Å². The molecule has 1 heterocycles. The summed E-state index contributed by atoms with van der Waals surface area (Å²) in [4.78, 5) is 12.2. The molecule has 0 aliphatic carbocycles. The zero-order valence-electron chi connectivity index (χ0n) is 12.7. The van der Waals surface area contributed by atoms with Crippen molar-refractivity contribution in [3.05, 3.63) is 48.0 Å². The summed E-state index contributed by atoms with van der Waals surface area (Å²) in [7, 11) is 0. The van der Waals surface area contributed by atoms with Gasteiger partial charge >= 0.3 is 0 Å². The van der Waals surface area contributed by atoms with Gasteiger partial charge in [0.1, 0.15) is 11.6 Å². The first-order chi connectivity index (χ1) is 10.5. The Balaban J connectivity index is 2.10. The highest BCUT2D eigenvalue weighted by Crippen LogP contribution is 2.22. The molecule has 118 valence electrons. The van der Waals surface area contributed by atoms with Gasteiger partial charge in [-0.3, -0.25) is 4.79 Å². The van der Waals surface area contributed by atoms with Gasteiger partial charge in [-0.2, -0.15) is 0 Å². The van der Waals surface area contributed by atoms with Crippen LogP contribution in [0.2, 0.25) is 0 Å². The minimum absolute atomic E-state index is 0.0160. The van der Waals surface area contributed by atoms with Gasteiger partial charge in [0.25, 0.3) is 5.91 Å². The van der Waals surface area contributed by atoms with Crippen LogP contribution in [0, 0.1) is 11.7 Å². The van der Waals surface area contributed by atoms with Crippen molar-refractivity contribution in [1.29, 1.82) is 0 Å². The maximum absolute atomic E-state index is 12.9. The van der Waals surface area contributed by atoms with Crippen LogP contribution in [0.5, 0.6) is 0 Å². The molecule has 0 fully saturated rings. The third kappa shape index (κ3) is 3.95. The van der Waals surface area contributed by atoms with Crippen LogP contribution in [-0.4, -0.2) is 23.7 Å². The Hall–Kier alpha value is -2.14. The first-order valence-corrected chi connectivity index (χ1v) is 7.28. The molecule has 22 heavy (non-hydrogen) atoms. The number of hydrogen-bond acceptors (Lipinski definition) is 3. The third-order valence-electron chi connectivity index (χ3n) is 3.52. The smallest absolute Gasteiger partial charge is 0.287 e. The Morgan fingerprint density at radius 1 is 1.23 bits per heavy atom. The van der Waals surface area contributed by atoms with E-state index < -0.39 is 0 Å². The maximum Gasteiger partial charge on any atom is 0.287 e. The number of rotatable bonds is 6. The van der Waals surface area contributed by atoms with Crippen LogP contribution in [-0.2, 0) is 0 Å². The quantitative estimate of drug-likeness (QED) is 0.861. The summed E-state index contributed by atoms with van der Waals surface area (Å²) in [5, 5.41) is 11.9. The highest BCUT2D eigenvalue weighted by atomic mass is 19.1. The number of nitrogens with one attached hydrogen (secondary N) is 1. The zero-order chi connectivity index (χ0) is 16.1. The molecule has 0 radical (unpaired) electrons. The van der Waals surface area contributed by atoms with Crippen molar-refractivity contribution in [1.82, 2.24) is 5.32 Å². The van der Waals surface area contributed by atoms with Gasteiger partial charge in [0.05, 0.1) is 0 Å². The highest BCUT2D eigenvalue weighted by molar-refractivity contribution is 5.92. The van der Waals surface area contributed by atoms with E-state index in [1.54, 1.807) is 24.3 Å². The number of halogens is 1.